The van der Waals surface area contributed by atoms with E-state index >= 15 is 0 Å². The van der Waals surface area contributed by atoms with Crippen molar-refractivity contribution in [3.05, 3.63) is 35.6 Å². The van der Waals surface area contributed by atoms with Gasteiger partial charge in [-0.1, -0.05) is 38.0 Å². The molecule has 94 valence electrons. The van der Waals surface area contributed by atoms with E-state index in [0.717, 1.165) is 24.4 Å². The van der Waals surface area contributed by atoms with Crippen molar-refractivity contribution in [3.8, 4) is 0 Å². The van der Waals surface area contributed by atoms with Crippen LogP contribution in [0.15, 0.2) is 24.3 Å². The predicted molar refractivity (Wildman–Crippen MR) is 69.4 cm³/mol. The number of hydrogen-bond acceptors (Lipinski definition) is 1. The molecular weight excluding hydrogens is 213 g/mol. The fraction of sp³-hybridized carbons (Fsp3) is 0.600. The zero-order valence-corrected chi connectivity index (χ0v) is 10.6. The third-order valence-electron chi connectivity index (χ3n) is 3.57. The van der Waals surface area contributed by atoms with Crippen LogP contribution in [0.2, 0.25) is 0 Å². The van der Waals surface area contributed by atoms with Gasteiger partial charge in [0.15, 0.2) is 0 Å². The fourth-order valence-electron chi connectivity index (χ4n) is 2.31. The molecule has 0 saturated heterocycles. The molecule has 0 aromatic heterocycles. The van der Waals surface area contributed by atoms with E-state index in [4.69, 9.17) is 0 Å². The first-order chi connectivity index (χ1) is 8.31. The number of benzene rings is 1. The first-order valence-electron chi connectivity index (χ1n) is 6.79. The second-order valence-corrected chi connectivity index (χ2v) is 5.02. The summed E-state index contributed by atoms with van der Waals surface area (Å²) in [6.07, 6.45) is 6.33. The number of rotatable bonds is 7. The SMILES string of the molecule is CCC(NCCCC1CC1)c1ccccc1F. The molecule has 0 heterocycles. The summed E-state index contributed by atoms with van der Waals surface area (Å²) in [7, 11) is 0. The molecule has 1 aliphatic rings. The van der Waals surface area contributed by atoms with Crippen molar-refractivity contribution >= 4 is 0 Å². The minimum absolute atomic E-state index is 0.0888. The summed E-state index contributed by atoms with van der Waals surface area (Å²) in [5, 5.41) is 3.47. The van der Waals surface area contributed by atoms with Gasteiger partial charge in [0.2, 0.25) is 0 Å². The van der Waals surface area contributed by atoms with E-state index in [-0.39, 0.29) is 11.9 Å². The second-order valence-electron chi connectivity index (χ2n) is 5.02. The van der Waals surface area contributed by atoms with Crippen molar-refractivity contribution in [1.29, 1.82) is 0 Å². The van der Waals surface area contributed by atoms with Crippen LogP contribution >= 0.6 is 0 Å². The Morgan fingerprint density at radius 3 is 2.76 bits per heavy atom. The van der Waals surface area contributed by atoms with E-state index in [1.807, 2.05) is 12.1 Å². The van der Waals surface area contributed by atoms with Gasteiger partial charge in [-0.15, -0.1) is 0 Å². The molecular formula is C15H22FN. The predicted octanol–water partition coefficient (Wildman–Crippen LogP) is 4.06. The van der Waals surface area contributed by atoms with Crippen molar-refractivity contribution in [2.24, 2.45) is 5.92 Å². The lowest BCUT2D eigenvalue weighted by molar-refractivity contribution is 0.473. The highest BCUT2D eigenvalue weighted by atomic mass is 19.1. The number of hydrogen-bond donors (Lipinski definition) is 1. The van der Waals surface area contributed by atoms with E-state index < -0.39 is 0 Å². The van der Waals surface area contributed by atoms with Gasteiger partial charge in [0.1, 0.15) is 5.82 Å². The molecule has 1 unspecified atom stereocenters. The zero-order valence-electron chi connectivity index (χ0n) is 10.6. The average molecular weight is 235 g/mol. The van der Waals surface area contributed by atoms with Crippen LogP contribution in [0.3, 0.4) is 0 Å². The standard InChI is InChI=1S/C15H22FN/c1-2-15(13-7-3-4-8-14(13)16)17-11-5-6-12-9-10-12/h3-4,7-8,12,15,17H,2,5-6,9-11H2,1H3. The lowest BCUT2D eigenvalue weighted by Crippen LogP contribution is -2.22. The van der Waals surface area contributed by atoms with Gasteiger partial charge >= 0.3 is 0 Å². The Bertz CT molecular complexity index is 347. The van der Waals surface area contributed by atoms with E-state index in [9.17, 15) is 4.39 Å². The Balaban J connectivity index is 1.80. The van der Waals surface area contributed by atoms with Crippen LogP contribution in [0, 0.1) is 11.7 Å². The van der Waals surface area contributed by atoms with E-state index in [1.54, 1.807) is 12.1 Å². The summed E-state index contributed by atoms with van der Waals surface area (Å²) >= 11 is 0. The van der Waals surface area contributed by atoms with Crippen molar-refractivity contribution in [2.75, 3.05) is 6.54 Å². The summed E-state index contributed by atoms with van der Waals surface area (Å²) in [6.45, 7) is 3.11. The molecule has 1 aromatic rings. The van der Waals surface area contributed by atoms with Gasteiger partial charge in [0, 0.05) is 11.6 Å². The van der Waals surface area contributed by atoms with Gasteiger partial charge in [-0.2, -0.15) is 0 Å². The van der Waals surface area contributed by atoms with Crippen LogP contribution in [0.4, 0.5) is 4.39 Å². The highest BCUT2D eigenvalue weighted by Gasteiger charge is 2.20. The Hall–Kier alpha value is -0.890. The quantitative estimate of drug-likeness (QED) is 0.703. The van der Waals surface area contributed by atoms with Crippen LogP contribution in [-0.4, -0.2) is 6.54 Å². The Labute approximate surface area is 103 Å². The molecule has 2 rings (SSSR count). The minimum Gasteiger partial charge on any atom is -0.310 e. The molecule has 0 aliphatic heterocycles. The lowest BCUT2D eigenvalue weighted by Gasteiger charge is -2.18. The lowest BCUT2D eigenvalue weighted by atomic mass is 10.0. The Morgan fingerprint density at radius 1 is 1.35 bits per heavy atom. The molecule has 1 fully saturated rings. The molecule has 1 saturated carbocycles. The molecule has 0 radical (unpaired) electrons. The maximum absolute atomic E-state index is 13.6. The number of nitrogens with one attached hydrogen (secondary N) is 1. The second kappa shape index (κ2) is 6.15. The first-order valence-corrected chi connectivity index (χ1v) is 6.79. The molecule has 17 heavy (non-hydrogen) atoms. The summed E-state index contributed by atoms with van der Waals surface area (Å²) in [6, 6.07) is 7.25. The van der Waals surface area contributed by atoms with Gasteiger partial charge in [-0.05, 0) is 37.8 Å². The Kier molecular flexibility index (Phi) is 4.55. The van der Waals surface area contributed by atoms with Crippen LogP contribution in [0.25, 0.3) is 0 Å². The van der Waals surface area contributed by atoms with E-state index in [2.05, 4.69) is 12.2 Å². The normalized spacial score (nSPS) is 17.1. The fourth-order valence-corrected chi connectivity index (χ4v) is 2.31. The molecule has 1 nitrogen and oxygen atoms in total. The van der Waals surface area contributed by atoms with Crippen molar-refractivity contribution < 1.29 is 4.39 Å². The van der Waals surface area contributed by atoms with E-state index in [1.165, 1.54) is 25.7 Å². The van der Waals surface area contributed by atoms with E-state index in [0.29, 0.717) is 0 Å². The third-order valence-corrected chi connectivity index (χ3v) is 3.57. The third kappa shape index (κ3) is 3.81. The molecule has 0 bridgehead atoms. The summed E-state index contributed by atoms with van der Waals surface area (Å²) < 4.78 is 13.6. The summed E-state index contributed by atoms with van der Waals surface area (Å²) in [5.41, 5.74) is 0.807. The first kappa shape index (κ1) is 12.6. The van der Waals surface area contributed by atoms with Gasteiger partial charge in [0.05, 0.1) is 0 Å². The molecule has 1 N–H and O–H groups in total. The largest absolute Gasteiger partial charge is 0.310 e. The zero-order chi connectivity index (χ0) is 12.1. The van der Waals surface area contributed by atoms with Crippen molar-refractivity contribution in [1.82, 2.24) is 5.32 Å². The molecule has 2 heteroatoms. The van der Waals surface area contributed by atoms with Crippen LogP contribution < -0.4 is 5.32 Å². The van der Waals surface area contributed by atoms with Crippen LogP contribution in [0.1, 0.15) is 50.6 Å². The summed E-state index contributed by atoms with van der Waals surface area (Å²) in [5.74, 6) is 0.902. The van der Waals surface area contributed by atoms with Crippen molar-refractivity contribution in [3.63, 3.8) is 0 Å². The van der Waals surface area contributed by atoms with Crippen LogP contribution in [-0.2, 0) is 0 Å². The van der Waals surface area contributed by atoms with Crippen molar-refractivity contribution in [2.45, 2.75) is 45.1 Å². The topological polar surface area (TPSA) is 12.0 Å². The molecule has 0 spiro atoms. The highest BCUT2D eigenvalue weighted by molar-refractivity contribution is 5.20. The molecule has 1 atom stereocenters. The van der Waals surface area contributed by atoms with Gasteiger partial charge in [0.25, 0.3) is 0 Å². The summed E-state index contributed by atoms with van der Waals surface area (Å²) in [4.78, 5) is 0. The smallest absolute Gasteiger partial charge is 0.127 e. The maximum Gasteiger partial charge on any atom is 0.127 e. The minimum atomic E-state index is -0.0888. The van der Waals surface area contributed by atoms with Gasteiger partial charge < -0.3 is 5.32 Å². The number of halogens is 1. The monoisotopic (exact) mass is 235 g/mol. The maximum atomic E-state index is 13.6. The molecule has 0 amide bonds. The highest BCUT2D eigenvalue weighted by Crippen LogP contribution is 2.33. The molecule has 1 aliphatic carbocycles. The average Bonchev–Trinajstić information content (AvgIpc) is 3.15. The van der Waals surface area contributed by atoms with Crippen LogP contribution in [0.5, 0.6) is 0 Å². The molecule has 1 aromatic carbocycles. The van der Waals surface area contributed by atoms with Gasteiger partial charge in [-0.3, -0.25) is 0 Å². The Morgan fingerprint density at radius 2 is 2.12 bits per heavy atom. The van der Waals surface area contributed by atoms with Gasteiger partial charge in [-0.25, -0.2) is 4.39 Å².